The Morgan fingerprint density at radius 1 is 1.14 bits per heavy atom. The number of amides is 1. The Kier molecular flexibility index (Phi) is 4.83. The molecule has 0 aliphatic carbocycles. The lowest BCUT2D eigenvalue weighted by atomic mass is 10.1. The third kappa shape index (κ3) is 3.36. The van der Waals surface area contributed by atoms with E-state index in [9.17, 15) is 10.0 Å². The molecule has 28 heavy (non-hydrogen) atoms. The number of ether oxygens (including phenoxy) is 1. The summed E-state index contributed by atoms with van der Waals surface area (Å²) in [5, 5.41) is 16.6. The van der Waals surface area contributed by atoms with E-state index in [1.807, 2.05) is 30.3 Å². The van der Waals surface area contributed by atoms with Gasteiger partial charge in [-0.3, -0.25) is 4.79 Å². The van der Waals surface area contributed by atoms with Crippen molar-refractivity contribution in [2.24, 2.45) is 0 Å². The fraction of sp³-hybridized carbons (Fsp3) is 0.143. The summed E-state index contributed by atoms with van der Waals surface area (Å²) >= 11 is 1.19. The highest BCUT2D eigenvalue weighted by Crippen LogP contribution is 2.36. The summed E-state index contributed by atoms with van der Waals surface area (Å²) in [6, 6.07) is 16.5. The van der Waals surface area contributed by atoms with Crippen molar-refractivity contribution in [2.45, 2.75) is 17.2 Å². The number of aromatic nitrogens is 1. The van der Waals surface area contributed by atoms with Crippen LogP contribution in [0, 0.1) is 5.21 Å². The summed E-state index contributed by atoms with van der Waals surface area (Å²) in [5.74, 6) is 0.311. The van der Waals surface area contributed by atoms with Gasteiger partial charge >= 0.3 is 0 Å². The molecule has 0 unspecified atom stereocenters. The fourth-order valence-electron chi connectivity index (χ4n) is 2.99. The van der Waals surface area contributed by atoms with Gasteiger partial charge in [0.1, 0.15) is 16.9 Å². The number of para-hydroxylation sites is 1. The zero-order chi connectivity index (χ0) is 19.7. The first-order chi connectivity index (χ1) is 13.6. The largest absolute Gasteiger partial charge is 0.618 e. The van der Waals surface area contributed by atoms with E-state index in [0.717, 1.165) is 21.1 Å². The van der Waals surface area contributed by atoms with E-state index >= 15 is 0 Å². The molecule has 1 amide bonds. The predicted octanol–water partition coefficient (Wildman–Crippen LogP) is 4.35. The number of carbonyl (C=O) groups is 1. The number of nitrogens with zero attached hydrogens (tertiary/aromatic N) is 1. The maximum Gasteiger partial charge on any atom is 0.252 e. The van der Waals surface area contributed by atoms with E-state index in [-0.39, 0.29) is 5.91 Å². The molecule has 0 saturated carbocycles. The Balaban J connectivity index is 1.62. The minimum absolute atomic E-state index is 0.234. The van der Waals surface area contributed by atoms with Crippen LogP contribution in [0.15, 0.2) is 70.2 Å². The average molecular weight is 394 g/mol. The van der Waals surface area contributed by atoms with Crippen molar-refractivity contribution in [3.63, 3.8) is 0 Å². The van der Waals surface area contributed by atoms with Crippen LogP contribution in [0.1, 0.15) is 6.92 Å². The van der Waals surface area contributed by atoms with Gasteiger partial charge in [-0.25, -0.2) is 0 Å². The number of benzene rings is 2. The molecule has 7 heteroatoms. The van der Waals surface area contributed by atoms with Gasteiger partial charge in [-0.05, 0) is 36.9 Å². The molecule has 2 aromatic heterocycles. The van der Waals surface area contributed by atoms with Crippen LogP contribution in [0.25, 0.3) is 21.9 Å². The van der Waals surface area contributed by atoms with Gasteiger partial charge in [-0.1, -0.05) is 18.2 Å². The number of thioether (sulfide) groups is 1. The highest BCUT2D eigenvalue weighted by atomic mass is 32.2. The summed E-state index contributed by atoms with van der Waals surface area (Å²) in [6.45, 7) is 1.75. The lowest BCUT2D eigenvalue weighted by Crippen LogP contribution is -2.30. The number of carbonyl (C=O) groups excluding carboxylic acids is 1. The second-order valence-corrected chi connectivity index (χ2v) is 7.62. The van der Waals surface area contributed by atoms with Crippen LogP contribution >= 0.6 is 11.8 Å². The average Bonchev–Trinajstić information content (AvgIpc) is 3.06. The van der Waals surface area contributed by atoms with Gasteiger partial charge in [0.15, 0.2) is 6.20 Å². The number of methoxy groups -OCH3 is 1. The molecule has 0 aliphatic heterocycles. The fourth-order valence-corrected chi connectivity index (χ4v) is 3.84. The van der Waals surface area contributed by atoms with E-state index in [1.54, 1.807) is 38.3 Å². The Morgan fingerprint density at radius 3 is 2.71 bits per heavy atom. The summed E-state index contributed by atoms with van der Waals surface area (Å²) in [6.07, 6.45) is 1.41. The third-order valence-corrected chi connectivity index (χ3v) is 5.54. The van der Waals surface area contributed by atoms with Crippen LogP contribution in [-0.2, 0) is 4.79 Å². The predicted molar refractivity (Wildman–Crippen MR) is 110 cm³/mol. The van der Waals surface area contributed by atoms with Crippen molar-refractivity contribution >= 4 is 45.3 Å². The van der Waals surface area contributed by atoms with Crippen molar-refractivity contribution in [1.82, 2.24) is 0 Å². The topological polar surface area (TPSA) is 78.4 Å². The number of hydrogen-bond acceptors (Lipinski definition) is 5. The van der Waals surface area contributed by atoms with E-state index in [4.69, 9.17) is 9.15 Å². The molecular formula is C21H18N2O4S. The highest BCUT2D eigenvalue weighted by molar-refractivity contribution is 8.00. The molecule has 4 aromatic rings. The summed E-state index contributed by atoms with van der Waals surface area (Å²) in [4.78, 5) is 12.7. The normalized spacial score (nSPS) is 12.2. The molecule has 6 nitrogen and oxygen atoms in total. The standard InChI is InChI=1S/C21H18N2O4S/c1-13(28-20-9-5-6-10-23(20)25)21(24)22-16-12-18-15(11-19(16)26-2)14-7-3-4-8-17(14)27-18/h3-13H,1-2H3,(H,22,24)/t13-/m1/s1. The molecule has 2 aromatic carbocycles. The zero-order valence-corrected chi connectivity index (χ0v) is 16.2. The number of anilines is 1. The van der Waals surface area contributed by atoms with Gasteiger partial charge in [0.2, 0.25) is 5.91 Å². The number of hydrogen-bond donors (Lipinski definition) is 1. The van der Waals surface area contributed by atoms with Crippen LogP contribution in [0.2, 0.25) is 0 Å². The first-order valence-corrected chi connectivity index (χ1v) is 9.60. The Labute approximate surface area is 165 Å². The van der Waals surface area contributed by atoms with E-state index < -0.39 is 5.25 Å². The first kappa shape index (κ1) is 18.2. The van der Waals surface area contributed by atoms with Gasteiger partial charge in [-0.15, -0.1) is 0 Å². The maximum absolute atomic E-state index is 12.7. The second-order valence-electron chi connectivity index (χ2n) is 6.26. The molecule has 0 bridgehead atoms. The quantitative estimate of drug-likeness (QED) is 0.309. The van der Waals surface area contributed by atoms with Gasteiger partial charge in [0, 0.05) is 29.0 Å². The van der Waals surface area contributed by atoms with Crippen molar-refractivity contribution in [3.05, 3.63) is 66.0 Å². The molecular weight excluding hydrogens is 376 g/mol. The third-order valence-electron chi connectivity index (χ3n) is 4.41. The first-order valence-electron chi connectivity index (χ1n) is 8.72. The Hall–Kier alpha value is -3.19. The monoisotopic (exact) mass is 394 g/mol. The van der Waals surface area contributed by atoms with Crippen molar-refractivity contribution in [2.75, 3.05) is 12.4 Å². The van der Waals surface area contributed by atoms with E-state index in [2.05, 4.69) is 5.32 Å². The van der Waals surface area contributed by atoms with Crippen LogP contribution in [0.4, 0.5) is 5.69 Å². The SMILES string of the molecule is COc1cc2c(cc1NC(=O)[C@@H](C)Sc1cccc[n+]1[O-])oc1ccccc12. The number of rotatable bonds is 5. The molecule has 0 aliphatic rings. The molecule has 2 heterocycles. The second kappa shape index (κ2) is 7.44. The molecule has 0 fully saturated rings. The van der Waals surface area contributed by atoms with Gasteiger partial charge in [0.05, 0.1) is 18.0 Å². The van der Waals surface area contributed by atoms with Gasteiger partial charge < -0.3 is 19.7 Å². The van der Waals surface area contributed by atoms with Crippen molar-refractivity contribution in [1.29, 1.82) is 0 Å². The molecule has 4 rings (SSSR count). The van der Waals surface area contributed by atoms with Gasteiger partial charge in [-0.2, -0.15) is 4.73 Å². The Morgan fingerprint density at radius 2 is 1.93 bits per heavy atom. The number of nitrogens with one attached hydrogen (secondary N) is 1. The number of furan rings is 1. The zero-order valence-electron chi connectivity index (χ0n) is 15.3. The van der Waals surface area contributed by atoms with E-state index in [1.165, 1.54) is 18.0 Å². The molecule has 142 valence electrons. The minimum atomic E-state index is -0.473. The minimum Gasteiger partial charge on any atom is -0.618 e. The highest BCUT2D eigenvalue weighted by Gasteiger charge is 2.21. The van der Waals surface area contributed by atoms with Crippen LogP contribution in [0.5, 0.6) is 5.75 Å². The van der Waals surface area contributed by atoms with Crippen LogP contribution < -0.4 is 14.8 Å². The summed E-state index contributed by atoms with van der Waals surface area (Å²) in [7, 11) is 1.56. The number of fused-ring (bicyclic) bond motifs is 3. The summed E-state index contributed by atoms with van der Waals surface area (Å²) < 4.78 is 12.1. The number of pyridine rings is 1. The lowest BCUT2D eigenvalue weighted by molar-refractivity contribution is -0.645. The van der Waals surface area contributed by atoms with E-state index in [0.29, 0.717) is 22.0 Å². The van der Waals surface area contributed by atoms with Crippen LogP contribution in [-0.4, -0.2) is 18.3 Å². The lowest BCUT2D eigenvalue weighted by Gasteiger charge is -2.14. The molecule has 1 N–H and O–H groups in total. The smallest absolute Gasteiger partial charge is 0.252 e. The van der Waals surface area contributed by atoms with Gasteiger partial charge in [0.25, 0.3) is 5.03 Å². The van der Waals surface area contributed by atoms with Crippen LogP contribution in [0.3, 0.4) is 0 Å². The van der Waals surface area contributed by atoms with Crippen molar-refractivity contribution in [3.8, 4) is 5.75 Å². The van der Waals surface area contributed by atoms with Crippen molar-refractivity contribution < 1.29 is 18.7 Å². The summed E-state index contributed by atoms with van der Waals surface area (Å²) in [5.41, 5.74) is 1.96. The molecule has 1 atom stereocenters. The maximum atomic E-state index is 12.7. The molecule has 0 saturated heterocycles. The Bertz CT molecular complexity index is 1170. The molecule has 0 spiro atoms. The molecule has 0 radical (unpaired) electrons.